The van der Waals surface area contributed by atoms with Gasteiger partial charge in [0.1, 0.15) is 6.10 Å². The highest BCUT2D eigenvalue weighted by atomic mass is 16.5. The molecule has 2 rings (SSSR count). The first-order valence-electron chi connectivity index (χ1n) is 6.32. The van der Waals surface area contributed by atoms with E-state index >= 15 is 0 Å². The van der Waals surface area contributed by atoms with Crippen LogP contribution in [0.2, 0.25) is 0 Å². The quantitative estimate of drug-likeness (QED) is 0.772. The van der Waals surface area contributed by atoms with Gasteiger partial charge in [-0.05, 0) is 38.1 Å². The Balaban J connectivity index is 1.94. The fourth-order valence-electron chi connectivity index (χ4n) is 2.97. The van der Waals surface area contributed by atoms with Crippen LogP contribution in [0.1, 0.15) is 32.1 Å². The van der Waals surface area contributed by atoms with Crippen LogP contribution < -0.4 is 5.73 Å². The van der Waals surface area contributed by atoms with Gasteiger partial charge < -0.3 is 15.4 Å². The normalized spacial score (nSPS) is 34.2. The molecule has 16 heavy (non-hydrogen) atoms. The summed E-state index contributed by atoms with van der Waals surface area (Å²) in [5, 5.41) is 0. The number of nitrogens with zero attached hydrogens (tertiary/aromatic N) is 1. The van der Waals surface area contributed by atoms with Crippen molar-refractivity contribution in [2.45, 2.75) is 44.2 Å². The number of hydrogen-bond acceptors (Lipinski definition) is 3. The van der Waals surface area contributed by atoms with Gasteiger partial charge >= 0.3 is 0 Å². The minimum absolute atomic E-state index is 0.155. The van der Waals surface area contributed by atoms with Gasteiger partial charge in [0.2, 0.25) is 0 Å². The van der Waals surface area contributed by atoms with Crippen molar-refractivity contribution in [3.63, 3.8) is 0 Å². The third-order valence-corrected chi connectivity index (χ3v) is 3.97. The van der Waals surface area contributed by atoms with Gasteiger partial charge in [-0.1, -0.05) is 6.42 Å². The van der Waals surface area contributed by atoms with Crippen LogP contribution in [-0.2, 0) is 9.53 Å². The van der Waals surface area contributed by atoms with Crippen LogP contribution in [0.3, 0.4) is 0 Å². The maximum Gasteiger partial charge on any atom is 0.251 e. The zero-order valence-corrected chi connectivity index (χ0v) is 10.0. The molecule has 0 aromatic carbocycles. The third kappa shape index (κ3) is 2.23. The Morgan fingerprint density at radius 2 is 2.19 bits per heavy atom. The van der Waals surface area contributed by atoms with Crippen molar-refractivity contribution < 1.29 is 9.53 Å². The number of hydrogen-bond donors (Lipinski definition) is 1. The highest BCUT2D eigenvalue weighted by molar-refractivity contribution is 5.81. The number of carbonyl (C=O) groups is 1. The fourth-order valence-corrected chi connectivity index (χ4v) is 2.97. The molecule has 2 fully saturated rings. The lowest BCUT2D eigenvalue weighted by atomic mass is 10.0. The molecule has 2 aliphatic rings. The summed E-state index contributed by atoms with van der Waals surface area (Å²) in [6, 6.07) is 0.335. The zero-order chi connectivity index (χ0) is 11.5. The van der Waals surface area contributed by atoms with Gasteiger partial charge in [-0.2, -0.15) is 0 Å². The van der Waals surface area contributed by atoms with Gasteiger partial charge in [0.25, 0.3) is 5.91 Å². The number of rotatable bonds is 3. The van der Waals surface area contributed by atoms with Gasteiger partial charge in [-0.25, -0.2) is 0 Å². The Bertz CT molecular complexity index is 251. The predicted octanol–water partition coefficient (Wildman–Crippen LogP) is 0.751. The molecular formula is C12H22N2O2. The van der Waals surface area contributed by atoms with E-state index in [1.165, 1.54) is 6.42 Å². The van der Waals surface area contributed by atoms with Crippen molar-refractivity contribution in [1.29, 1.82) is 0 Å². The van der Waals surface area contributed by atoms with Crippen molar-refractivity contribution in [3.8, 4) is 0 Å². The Kier molecular flexibility index (Phi) is 3.82. The molecule has 4 nitrogen and oxygen atoms in total. The standard InChI is InChI=1S/C12H22N2O2/c1-14(10-5-2-4-9(10)8-13)12(15)11-6-3-7-16-11/h9-11H,2-8,13H2,1H3/t9?,10?,11-/m0/s1. The van der Waals surface area contributed by atoms with Crippen LogP contribution in [0.4, 0.5) is 0 Å². The van der Waals surface area contributed by atoms with E-state index in [2.05, 4.69) is 0 Å². The number of likely N-dealkylation sites (N-methyl/N-ethyl adjacent to an activating group) is 1. The first-order valence-corrected chi connectivity index (χ1v) is 6.32. The van der Waals surface area contributed by atoms with E-state index in [4.69, 9.17) is 10.5 Å². The SMILES string of the molecule is CN(C(=O)[C@@H]1CCCO1)C1CCCC1CN. The number of amides is 1. The summed E-state index contributed by atoms with van der Waals surface area (Å²) in [5.41, 5.74) is 5.75. The number of ether oxygens (including phenoxy) is 1. The minimum Gasteiger partial charge on any atom is -0.368 e. The lowest BCUT2D eigenvalue weighted by Crippen LogP contribution is -2.45. The van der Waals surface area contributed by atoms with E-state index in [0.717, 1.165) is 32.3 Å². The topological polar surface area (TPSA) is 55.6 Å². The largest absolute Gasteiger partial charge is 0.368 e. The summed E-state index contributed by atoms with van der Waals surface area (Å²) < 4.78 is 5.44. The summed E-state index contributed by atoms with van der Waals surface area (Å²) in [6.45, 7) is 1.42. The van der Waals surface area contributed by atoms with Crippen LogP contribution in [-0.4, -0.2) is 43.2 Å². The van der Waals surface area contributed by atoms with E-state index in [0.29, 0.717) is 18.5 Å². The van der Waals surface area contributed by atoms with E-state index in [9.17, 15) is 4.79 Å². The molecule has 2 N–H and O–H groups in total. The Morgan fingerprint density at radius 1 is 1.38 bits per heavy atom. The molecule has 4 heteroatoms. The molecule has 1 aliphatic carbocycles. The monoisotopic (exact) mass is 226 g/mol. The van der Waals surface area contributed by atoms with E-state index < -0.39 is 0 Å². The molecule has 0 radical (unpaired) electrons. The van der Waals surface area contributed by atoms with Crippen LogP contribution >= 0.6 is 0 Å². The lowest BCUT2D eigenvalue weighted by molar-refractivity contribution is -0.142. The second kappa shape index (κ2) is 5.15. The van der Waals surface area contributed by atoms with Crippen molar-refractivity contribution in [3.05, 3.63) is 0 Å². The highest BCUT2D eigenvalue weighted by Crippen LogP contribution is 2.29. The maximum atomic E-state index is 12.2. The van der Waals surface area contributed by atoms with Crippen LogP contribution in [0.5, 0.6) is 0 Å². The molecule has 1 aliphatic heterocycles. The second-order valence-electron chi connectivity index (χ2n) is 4.94. The molecule has 1 amide bonds. The van der Waals surface area contributed by atoms with E-state index in [1.807, 2.05) is 11.9 Å². The molecule has 92 valence electrons. The maximum absolute atomic E-state index is 12.2. The van der Waals surface area contributed by atoms with E-state index in [1.54, 1.807) is 0 Å². The Labute approximate surface area is 97.1 Å². The van der Waals surface area contributed by atoms with Gasteiger partial charge in [0.05, 0.1) is 0 Å². The molecule has 0 aromatic rings. The molecule has 2 unspecified atom stereocenters. The molecule has 1 saturated heterocycles. The minimum atomic E-state index is -0.191. The molecule has 0 aromatic heterocycles. The molecular weight excluding hydrogens is 204 g/mol. The first kappa shape index (κ1) is 11.9. The van der Waals surface area contributed by atoms with Gasteiger partial charge in [-0.3, -0.25) is 4.79 Å². The smallest absolute Gasteiger partial charge is 0.251 e. The molecule has 0 spiro atoms. The second-order valence-corrected chi connectivity index (χ2v) is 4.94. The molecule has 3 atom stereocenters. The Morgan fingerprint density at radius 3 is 2.81 bits per heavy atom. The summed E-state index contributed by atoms with van der Waals surface area (Å²) in [5.74, 6) is 0.637. The molecule has 0 bridgehead atoms. The number of nitrogens with two attached hydrogens (primary N) is 1. The highest BCUT2D eigenvalue weighted by Gasteiger charge is 2.35. The lowest BCUT2D eigenvalue weighted by Gasteiger charge is -2.30. The van der Waals surface area contributed by atoms with Crippen LogP contribution in [0.25, 0.3) is 0 Å². The van der Waals surface area contributed by atoms with Crippen LogP contribution in [0, 0.1) is 5.92 Å². The average Bonchev–Trinajstić information content (AvgIpc) is 2.97. The number of carbonyl (C=O) groups excluding carboxylic acids is 1. The first-order chi connectivity index (χ1) is 7.74. The zero-order valence-electron chi connectivity index (χ0n) is 10.0. The van der Waals surface area contributed by atoms with Crippen molar-refractivity contribution in [2.24, 2.45) is 11.7 Å². The van der Waals surface area contributed by atoms with Crippen molar-refractivity contribution in [1.82, 2.24) is 4.90 Å². The van der Waals surface area contributed by atoms with Crippen molar-refractivity contribution >= 4 is 5.91 Å². The van der Waals surface area contributed by atoms with Gasteiger partial charge in [0, 0.05) is 19.7 Å². The van der Waals surface area contributed by atoms with Gasteiger partial charge in [0.15, 0.2) is 0 Å². The molecule has 1 heterocycles. The summed E-state index contributed by atoms with van der Waals surface area (Å²) in [4.78, 5) is 14.0. The third-order valence-electron chi connectivity index (χ3n) is 3.97. The Hall–Kier alpha value is -0.610. The fraction of sp³-hybridized carbons (Fsp3) is 0.917. The van der Waals surface area contributed by atoms with Crippen LogP contribution in [0.15, 0.2) is 0 Å². The van der Waals surface area contributed by atoms with E-state index in [-0.39, 0.29) is 12.0 Å². The molecule has 1 saturated carbocycles. The predicted molar refractivity (Wildman–Crippen MR) is 61.9 cm³/mol. The van der Waals surface area contributed by atoms with Gasteiger partial charge in [-0.15, -0.1) is 0 Å². The summed E-state index contributed by atoms with van der Waals surface area (Å²) >= 11 is 0. The summed E-state index contributed by atoms with van der Waals surface area (Å²) in [7, 11) is 1.91. The van der Waals surface area contributed by atoms with Crippen molar-refractivity contribution in [2.75, 3.05) is 20.2 Å². The average molecular weight is 226 g/mol. The summed E-state index contributed by atoms with van der Waals surface area (Å²) in [6.07, 6.45) is 5.14.